The second kappa shape index (κ2) is 5.47. The van der Waals surface area contributed by atoms with E-state index < -0.39 is 0 Å². The maximum atomic E-state index is 5.64. The molecule has 4 heteroatoms. The molecule has 0 radical (unpaired) electrons. The summed E-state index contributed by atoms with van der Waals surface area (Å²) in [5, 5.41) is 2.35. The van der Waals surface area contributed by atoms with Crippen LogP contribution in [0.5, 0.6) is 0 Å². The Labute approximate surface area is 110 Å². The van der Waals surface area contributed by atoms with Gasteiger partial charge in [-0.15, -0.1) is 0 Å². The molecule has 1 aromatic heterocycles. The predicted molar refractivity (Wildman–Crippen MR) is 76.4 cm³/mol. The van der Waals surface area contributed by atoms with E-state index in [1.54, 1.807) is 0 Å². The Morgan fingerprint density at radius 1 is 1.29 bits per heavy atom. The minimum atomic E-state index is 0.639. The lowest BCUT2D eigenvalue weighted by Gasteiger charge is -2.22. The average molecular weight is 294 g/mol. The highest BCUT2D eigenvalue weighted by Crippen LogP contribution is 2.29. The number of rotatable bonds is 4. The topological polar surface area (TPSA) is 42.1 Å². The van der Waals surface area contributed by atoms with E-state index in [-0.39, 0.29) is 0 Å². The molecule has 2 N–H and O–H groups in total. The molecule has 0 saturated carbocycles. The molecule has 0 aliphatic heterocycles. The van der Waals surface area contributed by atoms with Crippen molar-refractivity contribution < 1.29 is 0 Å². The highest BCUT2D eigenvalue weighted by Gasteiger charge is 2.10. The Morgan fingerprint density at radius 3 is 2.82 bits per heavy atom. The molecule has 3 nitrogen and oxygen atoms in total. The largest absolute Gasteiger partial charge is 0.355 e. The number of aromatic nitrogens is 1. The molecule has 2 rings (SSSR count). The summed E-state index contributed by atoms with van der Waals surface area (Å²) < 4.78 is 1.10. The van der Waals surface area contributed by atoms with Crippen LogP contribution in [0.15, 0.2) is 34.9 Å². The molecule has 0 atom stereocenters. The van der Waals surface area contributed by atoms with Gasteiger partial charge in [0.05, 0.1) is 0 Å². The van der Waals surface area contributed by atoms with E-state index in [9.17, 15) is 0 Å². The van der Waals surface area contributed by atoms with Gasteiger partial charge in [-0.05, 0) is 19.1 Å². The van der Waals surface area contributed by atoms with Crippen LogP contribution >= 0.6 is 15.9 Å². The molecule has 1 heterocycles. The molecule has 0 aliphatic carbocycles. The van der Waals surface area contributed by atoms with E-state index in [0.29, 0.717) is 6.54 Å². The lowest BCUT2D eigenvalue weighted by atomic mass is 10.1. The monoisotopic (exact) mass is 293 g/mol. The highest BCUT2D eigenvalue weighted by atomic mass is 79.9. The van der Waals surface area contributed by atoms with Gasteiger partial charge in [-0.2, -0.15) is 0 Å². The highest BCUT2D eigenvalue weighted by molar-refractivity contribution is 9.10. The molecule has 17 heavy (non-hydrogen) atoms. The number of nitrogens with zero attached hydrogens (tertiary/aromatic N) is 2. The number of likely N-dealkylation sites (N-methyl/N-ethyl adjacent to an activating group) is 1. The molecule has 0 fully saturated rings. The second-order valence-electron chi connectivity index (χ2n) is 3.84. The van der Waals surface area contributed by atoms with E-state index in [1.807, 2.05) is 24.4 Å². The standard InChI is InChI=1S/C13H16BrN3/c1-2-17(9-7-15)13-11-4-3-5-12(14)10(11)6-8-16-13/h3-6,8H,2,7,9,15H2,1H3. The van der Waals surface area contributed by atoms with Crippen LogP contribution in [0, 0.1) is 0 Å². The fourth-order valence-corrected chi connectivity index (χ4v) is 2.47. The van der Waals surface area contributed by atoms with Gasteiger partial charge in [0.25, 0.3) is 0 Å². The van der Waals surface area contributed by atoms with Crippen LogP contribution in [0.1, 0.15) is 6.92 Å². The third-order valence-electron chi connectivity index (χ3n) is 2.81. The van der Waals surface area contributed by atoms with E-state index in [0.717, 1.165) is 28.8 Å². The number of anilines is 1. The Hall–Kier alpha value is -1.13. The van der Waals surface area contributed by atoms with Crippen LogP contribution in [-0.4, -0.2) is 24.6 Å². The van der Waals surface area contributed by atoms with Crippen molar-refractivity contribution in [3.05, 3.63) is 34.9 Å². The zero-order valence-electron chi connectivity index (χ0n) is 9.86. The summed E-state index contributed by atoms with van der Waals surface area (Å²) in [6.07, 6.45) is 1.85. The van der Waals surface area contributed by atoms with Crippen LogP contribution in [0.25, 0.3) is 10.8 Å². The SMILES string of the molecule is CCN(CCN)c1nccc2c(Br)cccc12. The van der Waals surface area contributed by atoms with Gasteiger partial charge in [0, 0.05) is 41.1 Å². The van der Waals surface area contributed by atoms with Crippen molar-refractivity contribution in [1.82, 2.24) is 4.98 Å². The lowest BCUT2D eigenvalue weighted by Crippen LogP contribution is -2.29. The van der Waals surface area contributed by atoms with Crippen molar-refractivity contribution in [3.8, 4) is 0 Å². The number of hydrogen-bond donors (Lipinski definition) is 1. The smallest absolute Gasteiger partial charge is 0.136 e. The van der Waals surface area contributed by atoms with Gasteiger partial charge in [-0.3, -0.25) is 0 Å². The van der Waals surface area contributed by atoms with E-state index in [1.165, 1.54) is 5.39 Å². The molecule has 0 amide bonds. The zero-order chi connectivity index (χ0) is 12.3. The molecule has 0 saturated heterocycles. The van der Waals surface area contributed by atoms with Crippen molar-refractivity contribution >= 4 is 32.5 Å². The Balaban J connectivity index is 2.57. The zero-order valence-corrected chi connectivity index (χ0v) is 11.4. The normalized spacial score (nSPS) is 10.8. The minimum absolute atomic E-state index is 0.639. The van der Waals surface area contributed by atoms with E-state index in [4.69, 9.17) is 5.73 Å². The van der Waals surface area contributed by atoms with Gasteiger partial charge in [-0.1, -0.05) is 28.1 Å². The number of pyridine rings is 1. The average Bonchev–Trinajstić information content (AvgIpc) is 2.36. The van der Waals surface area contributed by atoms with Crippen LogP contribution in [0.3, 0.4) is 0 Å². The quantitative estimate of drug-likeness (QED) is 0.943. The van der Waals surface area contributed by atoms with Crippen molar-refractivity contribution in [2.45, 2.75) is 6.92 Å². The molecule has 0 aliphatic rings. The van der Waals surface area contributed by atoms with Crippen LogP contribution in [0.4, 0.5) is 5.82 Å². The molecular weight excluding hydrogens is 278 g/mol. The van der Waals surface area contributed by atoms with Gasteiger partial charge in [0.15, 0.2) is 0 Å². The van der Waals surface area contributed by atoms with Crippen molar-refractivity contribution in [2.24, 2.45) is 5.73 Å². The molecule has 90 valence electrons. The molecule has 1 aromatic carbocycles. The van der Waals surface area contributed by atoms with Gasteiger partial charge in [-0.25, -0.2) is 4.98 Å². The molecule has 0 bridgehead atoms. The molecule has 0 unspecified atom stereocenters. The summed E-state index contributed by atoms with van der Waals surface area (Å²) in [5.74, 6) is 1.01. The van der Waals surface area contributed by atoms with Crippen molar-refractivity contribution in [3.63, 3.8) is 0 Å². The van der Waals surface area contributed by atoms with Gasteiger partial charge < -0.3 is 10.6 Å². The fourth-order valence-electron chi connectivity index (χ4n) is 1.97. The van der Waals surface area contributed by atoms with Crippen LogP contribution in [0.2, 0.25) is 0 Å². The predicted octanol–water partition coefficient (Wildman–Crippen LogP) is 2.78. The summed E-state index contributed by atoms with van der Waals surface area (Å²) in [6.45, 7) is 4.50. The number of halogens is 1. The number of nitrogens with two attached hydrogens (primary N) is 1. The number of hydrogen-bond acceptors (Lipinski definition) is 3. The summed E-state index contributed by atoms with van der Waals surface area (Å²) in [6, 6.07) is 8.21. The van der Waals surface area contributed by atoms with Gasteiger partial charge >= 0.3 is 0 Å². The summed E-state index contributed by atoms with van der Waals surface area (Å²) in [7, 11) is 0. The first-order valence-electron chi connectivity index (χ1n) is 5.76. The maximum absolute atomic E-state index is 5.64. The number of benzene rings is 1. The van der Waals surface area contributed by atoms with Gasteiger partial charge in [0.2, 0.25) is 0 Å². The summed E-state index contributed by atoms with van der Waals surface area (Å²) >= 11 is 3.57. The van der Waals surface area contributed by atoms with E-state index >= 15 is 0 Å². The molecule has 0 spiro atoms. The Bertz CT molecular complexity index is 513. The first-order chi connectivity index (χ1) is 8.27. The van der Waals surface area contributed by atoms with Crippen LogP contribution < -0.4 is 10.6 Å². The molecule has 2 aromatic rings. The summed E-state index contributed by atoms with van der Waals surface area (Å²) in [5.41, 5.74) is 5.64. The Morgan fingerprint density at radius 2 is 2.12 bits per heavy atom. The fraction of sp³-hybridized carbons (Fsp3) is 0.308. The first kappa shape index (κ1) is 12.3. The van der Waals surface area contributed by atoms with Crippen molar-refractivity contribution in [1.29, 1.82) is 0 Å². The Kier molecular flexibility index (Phi) is 3.97. The lowest BCUT2D eigenvalue weighted by molar-refractivity contribution is 0.806. The van der Waals surface area contributed by atoms with Gasteiger partial charge in [0.1, 0.15) is 5.82 Å². The first-order valence-corrected chi connectivity index (χ1v) is 6.55. The van der Waals surface area contributed by atoms with E-state index in [2.05, 4.69) is 38.8 Å². The third-order valence-corrected chi connectivity index (χ3v) is 3.50. The van der Waals surface area contributed by atoms with Crippen LogP contribution in [-0.2, 0) is 0 Å². The second-order valence-corrected chi connectivity index (χ2v) is 4.69. The number of fused-ring (bicyclic) bond motifs is 1. The summed E-state index contributed by atoms with van der Waals surface area (Å²) in [4.78, 5) is 6.69. The minimum Gasteiger partial charge on any atom is -0.355 e. The third kappa shape index (κ3) is 2.42. The molecular formula is C13H16BrN3. The maximum Gasteiger partial charge on any atom is 0.136 e. The van der Waals surface area contributed by atoms with Crippen molar-refractivity contribution in [2.75, 3.05) is 24.5 Å².